The van der Waals surface area contributed by atoms with Gasteiger partial charge in [-0.15, -0.1) is 0 Å². The van der Waals surface area contributed by atoms with Crippen LogP contribution in [0.1, 0.15) is 12.6 Å². The fourth-order valence-electron chi connectivity index (χ4n) is 2.07. The van der Waals surface area contributed by atoms with Crippen molar-refractivity contribution in [2.75, 3.05) is 18.9 Å². The second kappa shape index (κ2) is 3.94. The molecule has 1 aliphatic rings. The molecular weight excluding hydrogens is 222 g/mol. The second-order valence-corrected chi connectivity index (χ2v) is 4.16. The van der Waals surface area contributed by atoms with Crippen LogP contribution in [0.25, 0.3) is 11.2 Å². The van der Waals surface area contributed by atoms with Gasteiger partial charge in [0.05, 0.1) is 12.9 Å². The largest absolute Gasteiger partial charge is 0.396 e. The minimum absolute atomic E-state index is 0.133. The highest BCUT2D eigenvalue weighted by molar-refractivity contribution is 5.81. The predicted octanol–water partition coefficient (Wildman–Crippen LogP) is -0.0641. The molecule has 90 valence electrons. The van der Waals surface area contributed by atoms with Gasteiger partial charge in [0, 0.05) is 12.5 Å². The van der Waals surface area contributed by atoms with Crippen LogP contribution in [0.3, 0.4) is 0 Å². The molecule has 3 N–H and O–H groups in total. The first-order chi connectivity index (χ1) is 8.29. The molecule has 7 nitrogen and oxygen atoms in total. The van der Waals surface area contributed by atoms with Gasteiger partial charge in [0.15, 0.2) is 11.5 Å². The predicted molar refractivity (Wildman–Crippen MR) is 59.9 cm³/mol. The fraction of sp³-hybridized carbons (Fsp3) is 0.500. The van der Waals surface area contributed by atoms with Crippen LogP contribution in [-0.2, 0) is 4.74 Å². The third kappa shape index (κ3) is 1.63. The maximum absolute atomic E-state index is 9.09. The van der Waals surface area contributed by atoms with Gasteiger partial charge in [-0.3, -0.25) is 4.57 Å². The molecule has 17 heavy (non-hydrogen) atoms. The second-order valence-electron chi connectivity index (χ2n) is 4.16. The maximum atomic E-state index is 9.09. The summed E-state index contributed by atoms with van der Waals surface area (Å²) >= 11 is 0. The zero-order valence-electron chi connectivity index (χ0n) is 9.15. The quantitative estimate of drug-likeness (QED) is 0.756. The number of nitrogens with two attached hydrogens (primary N) is 1. The van der Waals surface area contributed by atoms with Crippen molar-refractivity contribution >= 4 is 17.0 Å². The number of fused-ring (bicyclic) bond motifs is 1. The van der Waals surface area contributed by atoms with E-state index >= 15 is 0 Å². The van der Waals surface area contributed by atoms with Crippen molar-refractivity contribution in [3.63, 3.8) is 0 Å². The Morgan fingerprint density at radius 1 is 1.47 bits per heavy atom. The van der Waals surface area contributed by atoms with E-state index in [9.17, 15) is 0 Å². The van der Waals surface area contributed by atoms with Gasteiger partial charge in [-0.2, -0.15) is 0 Å². The Kier molecular flexibility index (Phi) is 2.41. The number of hydrogen-bond donors (Lipinski definition) is 2. The molecule has 0 unspecified atom stereocenters. The minimum Gasteiger partial charge on any atom is -0.396 e. The number of nitrogen functional groups attached to an aromatic ring is 1. The van der Waals surface area contributed by atoms with Crippen LogP contribution in [0.2, 0.25) is 0 Å². The van der Waals surface area contributed by atoms with Crippen LogP contribution in [0.5, 0.6) is 0 Å². The number of anilines is 1. The van der Waals surface area contributed by atoms with E-state index in [1.165, 1.54) is 6.33 Å². The molecule has 0 radical (unpaired) electrons. The number of nitrogens with zero attached hydrogens (tertiary/aromatic N) is 4. The smallest absolute Gasteiger partial charge is 0.167 e. The molecule has 7 heteroatoms. The molecule has 3 heterocycles. The Morgan fingerprint density at radius 3 is 3.12 bits per heavy atom. The van der Waals surface area contributed by atoms with Crippen LogP contribution >= 0.6 is 0 Å². The van der Waals surface area contributed by atoms with Crippen LogP contribution in [0.15, 0.2) is 12.7 Å². The molecule has 2 aromatic heterocycles. The number of hydrogen-bond acceptors (Lipinski definition) is 6. The minimum atomic E-state index is -0.133. The SMILES string of the molecule is Nc1ncnc2c1ncn2[C@H]1C[C@@H](CO)CO1. The van der Waals surface area contributed by atoms with E-state index in [2.05, 4.69) is 15.0 Å². The summed E-state index contributed by atoms with van der Waals surface area (Å²) in [5.41, 5.74) is 6.97. The lowest BCUT2D eigenvalue weighted by Crippen LogP contribution is -2.08. The highest BCUT2D eigenvalue weighted by Gasteiger charge is 2.27. The molecule has 0 aromatic carbocycles. The highest BCUT2D eigenvalue weighted by atomic mass is 16.5. The maximum Gasteiger partial charge on any atom is 0.167 e. The average Bonchev–Trinajstić information content (AvgIpc) is 2.94. The fourth-order valence-corrected chi connectivity index (χ4v) is 2.07. The summed E-state index contributed by atoms with van der Waals surface area (Å²) in [5.74, 6) is 0.544. The summed E-state index contributed by atoms with van der Waals surface area (Å²) < 4.78 is 7.45. The van der Waals surface area contributed by atoms with E-state index in [-0.39, 0.29) is 18.8 Å². The van der Waals surface area contributed by atoms with Gasteiger partial charge in [0.2, 0.25) is 0 Å². The zero-order valence-corrected chi connectivity index (χ0v) is 9.15. The molecule has 0 spiro atoms. The molecule has 3 rings (SSSR count). The number of aliphatic hydroxyl groups excluding tert-OH is 1. The Balaban J connectivity index is 1.99. The Labute approximate surface area is 97.3 Å². The van der Waals surface area contributed by atoms with Crippen molar-refractivity contribution in [3.8, 4) is 0 Å². The molecule has 0 amide bonds. The average molecular weight is 235 g/mol. The zero-order chi connectivity index (χ0) is 11.8. The van der Waals surface area contributed by atoms with E-state index in [1.807, 2.05) is 4.57 Å². The van der Waals surface area contributed by atoms with E-state index in [4.69, 9.17) is 15.6 Å². The Hall–Kier alpha value is -1.73. The molecular formula is C10H13N5O2. The van der Waals surface area contributed by atoms with Gasteiger partial charge in [0.1, 0.15) is 18.1 Å². The van der Waals surface area contributed by atoms with Crippen molar-refractivity contribution in [2.45, 2.75) is 12.6 Å². The molecule has 1 fully saturated rings. The van der Waals surface area contributed by atoms with Crippen LogP contribution in [0, 0.1) is 5.92 Å². The molecule has 0 aliphatic carbocycles. The van der Waals surface area contributed by atoms with Gasteiger partial charge in [-0.1, -0.05) is 0 Å². The van der Waals surface area contributed by atoms with Crippen molar-refractivity contribution in [3.05, 3.63) is 12.7 Å². The molecule has 2 aromatic rings. The Morgan fingerprint density at radius 2 is 2.35 bits per heavy atom. The number of rotatable bonds is 2. The number of aromatic nitrogens is 4. The molecule has 1 aliphatic heterocycles. The summed E-state index contributed by atoms with van der Waals surface area (Å²) in [5, 5.41) is 9.09. The lowest BCUT2D eigenvalue weighted by molar-refractivity contribution is 0.0551. The first kappa shape index (κ1) is 10.4. The monoisotopic (exact) mass is 235 g/mol. The standard InChI is InChI=1S/C10H13N5O2/c11-9-8-10(13-4-12-9)15(5-14-8)7-1-6(2-16)3-17-7/h4-7,16H,1-3H2,(H2,11,12,13)/t6-,7+/m0/s1. The van der Waals surface area contributed by atoms with E-state index in [0.717, 1.165) is 6.42 Å². The molecule has 2 atom stereocenters. The van der Waals surface area contributed by atoms with E-state index in [0.29, 0.717) is 23.6 Å². The number of aliphatic hydroxyl groups is 1. The van der Waals surface area contributed by atoms with Crippen molar-refractivity contribution in [1.82, 2.24) is 19.5 Å². The van der Waals surface area contributed by atoms with Gasteiger partial charge in [-0.05, 0) is 6.42 Å². The molecule has 1 saturated heterocycles. The number of ether oxygens (including phenoxy) is 1. The van der Waals surface area contributed by atoms with E-state index in [1.54, 1.807) is 6.33 Å². The third-order valence-electron chi connectivity index (χ3n) is 3.01. The molecule has 0 saturated carbocycles. The van der Waals surface area contributed by atoms with Crippen molar-refractivity contribution in [2.24, 2.45) is 5.92 Å². The van der Waals surface area contributed by atoms with Crippen molar-refractivity contribution in [1.29, 1.82) is 0 Å². The summed E-state index contributed by atoms with van der Waals surface area (Å²) in [7, 11) is 0. The molecule has 0 bridgehead atoms. The first-order valence-electron chi connectivity index (χ1n) is 5.45. The lowest BCUT2D eigenvalue weighted by atomic mass is 10.1. The van der Waals surface area contributed by atoms with Gasteiger partial charge in [-0.25, -0.2) is 15.0 Å². The van der Waals surface area contributed by atoms with Gasteiger partial charge >= 0.3 is 0 Å². The highest BCUT2D eigenvalue weighted by Crippen LogP contribution is 2.30. The van der Waals surface area contributed by atoms with Crippen LogP contribution < -0.4 is 5.73 Å². The number of imidazole rings is 1. The Bertz CT molecular complexity index is 540. The van der Waals surface area contributed by atoms with Crippen LogP contribution in [-0.4, -0.2) is 37.8 Å². The van der Waals surface area contributed by atoms with Crippen molar-refractivity contribution < 1.29 is 9.84 Å². The van der Waals surface area contributed by atoms with Crippen LogP contribution in [0.4, 0.5) is 5.82 Å². The summed E-state index contributed by atoms with van der Waals surface area (Å²) in [6.45, 7) is 0.696. The summed E-state index contributed by atoms with van der Waals surface area (Å²) in [6, 6.07) is 0. The third-order valence-corrected chi connectivity index (χ3v) is 3.01. The topological polar surface area (TPSA) is 99.1 Å². The lowest BCUT2D eigenvalue weighted by Gasteiger charge is -2.11. The van der Waals surface area contributed by atoms with Gasteiger partial charge in [0.25, 0.3) is 0 Å². The van der Waals surface area contributed by atoms with E-state index < -0.39 is 0 Å². The normalized spacial score (nSPS) is 24.5. The first-order valence-corrected chi connectivity index (χ1v) is 5.45. The van der Waals surface area contributed by atoms with Gasteiger partial charge < -0.3 is 15.6 Å². The summed E-state index contributed by atoms with van der Waals surface area (Å²) in [4.78, 5) is 12.2. The summed E-state index contributed by atoms with van der Waals surface area (Å²) in [6.07, 6.45) is 3.69.